The minimum Gasteiger partial charge on any atom is -0.497 e. The molecule has 3 N–H and O–H groups in total. The average Bonchev–Trinajstić information content (AvgIpc) is 2.67. The summed E-state index contributed by atoms with van der Waals surface area (Å²) >= 11 is 0. The fraction of sp³-hybridized carbons (Fsp3) is 0.263. The van der Waals surface area contributed by atoms with Crippen molar-refractivity contribution in [1.29, 1.82) is 0 Å². The van der Waals surface area contributed by atoms with E-state index in [2.05, 4.69) is 16.0 Å². The van der Waals surface area contributed by atoms with Gasteiger partial charge in [-0.25, -0.2) is 4.79 Å². The first-order valence-corrected chi connectivity index (χ1v) is 8.44. The molecule has 0 unspecified atom stereocenters. The standard InChI is InChI=1S/C19H22N4O3/c1-26-15-8-6-14(7-9-15)12-21-19(25)22-16-4-2-3-5-17(16)23-11-10-20-18(24)13-23/h2-9H,10-13H2,1H3,(H,20,24)(H2,21,22,25). The lowest BCUT2D eigenvalue weighted by Crippen LogP contribution is -2.48. The van der Waals surface area contributed by atoms with Gasteiger partial charge in [0.05, 0.1) is 25.0 Å². The van der Waals surface area contributed by atoms with Crippen LogP contribution < -0.4 is 25.6 Å². The largest absolute Gasteiger partial charge is 0.497 e. The maximum Gasteiger partial charge on any atom is 0.319 e. The number of hydrogen-bond acceptors (Lipinski definition) is 4. The first-order valence-electron chi connectivity index (χ1n) is 8.44. The van der Waals surface area contributed by atoms with E-state index in [4.69, 9.17) is 4.74 Å². The number of ether oxygens (including phenoxy) is 1. The highest BCUT2D eigenvalue weighted by Gasteiger charge is 2.19. The van der Waals surface area contributed by atoms with Gasteiger partial charge in [-0.05, 0) is 29.8 Å². The zero-order valence-corrected chi connectivity index (χ0v) is 14.6. The number of benzene rings is 2. The number of carbonyl (C=O) groups is 2. The molecule has 0 radical (unpaired) electrons. The Hall–Kier alpha value is -3.22. The van der Waals surface area contributed by atoms with Gasteiger partial charge in [0.1, 0.15) is 5.75 Å². The van der Waals surface area contributed by atoms with Crippen molar-refractivity contribution in [1.82, 2.24) is 10.6 Å². The molecule has 7 nitrogen and oxygen atoms in total. The molecule has 0 spiro atoms. The predicted molar refractivity (Wildman–Crippen MR) is 101 cm³/mol. The summed E-state index contributed by atoms with van der Waals surface area (Å²) in [5, 5.41) is 8.50. The summed E-state index contributed by atoms with van der Waals surface area (Å²) in [6.07, 6.45) is 0. The number of methoxy groups -OCH3 is 1. The fourth-order valence-corrected chi connectivity index (χ4v) is 2.79. The Morgan fingerprint density at radius 2 is 1.96 bits per heavy atom. The summed E-state index contributed by atoms with van der Waals surface area (Å²) in [7, 11) is 1.62. The molecule has 0 saturated carbocycles. The lowest BCUT2D eigenvalue weighted by Gasteiger charge is -2.30. The van der Waals surface area contributed by atoms with Crippen LogP contribution in [0.2, 0.25) is 0 Å². The molecule has 2 aromatic rings. The highest BCUT2D eigenvalue weighted by molar-refractivity contribution is 5.94. The molecule has 1 fully saturated rings. The van der Waals surface area contributed by atoms with Crippen LogP contribution in [-0.2, 0) is 11.3 Å². The summed E-state index contributed by atoms with van der Waals surface area (Å²) in [4.78, 5) is 25.8. The zero-order valence-electron chi connectivity index (χ0n) is 14.6. The third-order valence-electron chi connectivity index (χ3n) is 4.14. The number of anilines is 2. The van der Waals surface area contributed by atoms with Crippen molar-refractivity contribution in [2.75, 3.05) is 37.0 Å². The Balaban J connectivity index is 1.61. The summed E-state index contributed by atoms with van der Waals surface area (Å²) in [6.45, 7) is 1.99. The normalized spacial score (nSPS) is 13.7. The van der Waals surface area contributed by atoms with Gasteiger partial charge in [0, 0.05) is 19.6 Å². The van der Waals surface area contributed by atoms with Crippen LogP contribution in [0, 0.1) is 0 Å². The van der Waals surface area contributed by atoms with Crippen molar-refractivity contribution in [3.05, 3.63) is 54.1 Å². The maximum atomic E-state index is 12.3. The van der Waals surface area contributed by atoms with Crippen LogP contribution in [-0.4, -0.2) is 38.7 Å². The number of urea groups is 1. The molecule has 3 amide bonds. The molecule has 3 rings (SSSR count). The molecule has 0 aromatic heterocycles. The van der Waals surface area contributed by atoms with E-state index in [9.17, 15) is 9.59 Å². The molecule has 7 heteroatoms. The van der Waals surface area contributed by atoms with E-state index in [1.54, 1.807) is 7.11 Å². The van der Waals surface area contributed by atoms with E-state index in [0.717, 1.165) is 17.0 Å². The van der Waals surface area contributed by atoms with Crippen LogP contribution in [0.15, 0.2) is 48.5 Å². The summed E-state index contributed by atoms with van der Waals surface area (Å²) in [6, 6.07) is 14.7. The highest BCUT2D eigenvalue weighted by Crippen LogP contribution is 2.25. The Bertz CT molecular complexity index is 777. The molecule has 26 heavy (non-hydrogen) atoms. The first-order chi connectivity index (χ1) is 12.7. The zero-order chi connectivity index (χ0) is 18.4. The first kappa shape index (κ1) is 17.6. The quantitative estimate of drug-likeness (QED) is 0.766. The van der Waals surface area contributed by atoms with Crippen molar-refractivity contribution in [2.24, 2.45) is 0 Å². The van der Waals surface area contributed by atoms with Crippen molar-refractivity contribution >= 4 is 23.3 Å². The number of hydrogen-bond donors (Lipinski definition) is 3. The number of piperazine rings is 1. The predicted octanol–water partition coefficient (Wildman–Crippen LogP) is 1.95. The number of amides is 3. The van der Waals surface area contributed by atoms with Gasteiger partial charge in [-0.1, -0.05) is 24.3 Å². The molecular formula is C19H22N4O3. The van der Waals surface area contributed by atoms with Crippen molar-refractivity contribution in [3.8, 4) is 5.75 Å². The van der Waals surface area contributed by atoms with Crippen LogP contribution in [0.3, 0.4) is 0 Å². The summed E-state index contributed by atoms with van der Waals surface area (Å²) in [5.74, 6) is 0.757. The van der Waals surface area contributed by atoms with Gasteiger partial charge in [-0.3, -0.25) is 4.79 Å². The lowest BCUT2D eigenvalue weighted by atomic mass is 10.2. The molecule has 2 aromatic carbocycles. The number of para-hydroxylation sites is 2. The van der Waals surface area contributed by atoms with E-state index in [1.165, 1.54) is 0 Å². The molecule has 136 valence electrons. The highest BCUT2D eigenvalue weighted by atomic mass is 16.5. The van der Waals surface area contributed by atoms with Crippen LogP contribution in [0.1, 0.15) is 5.56 Å². The fourth-order valence-electron chi connectivity index (χ4n) is 2.79. The Kier molecular flexibility index (Phi) is 5.58. The van der Waals surface area contributed by atoms with Crippen LogP contribution in [0.5, 0.6) is 5.75 Å². The van der Waals surface area contributed by atoms with Crippen LogP contribution in [0.25, 0.3) is 0 Å². The molecule has 1 heterocycles. The monoisotopic (exact) mass is 354 g/mol. The SMILES string of the molecule is COc1ccc(CNC(=O)Nc2ccccc2N2CCNC(=O)C2)cc1. The van der Waals surface area contributed by atoms with Gasteiger partial charge in [0.25, 0.3) is 0 Å². The summed E-state index contributed by atoms with van der Waals surface area (Å²) < 4.78 is 5.12. The molecule has 0 bridgehead atoms. The van der Waals surface area contributed by atoms with Gasteiger partial charge in [0.15, 0.2) is 0 Å². The summed E-state index contributed by atoms with van der Waals surface area (Å²) in [5.41, 5.74) is 2.48. The van der Waals surface area contributed by atoms with E-state index in [0.29, 0.717) is 25.3 Å². The van der Waals surface area contributed by atoms with Gasteiger partial charge in [0.2, 0.25) is 5.91 Å². The molecule has 1 aliphatic heterocycles. The smallest absolute Gasteiger partial charge is 0.319 e. The average molecular weight is 354 g/mol. The lowest BCUT2D eigenvalue weighted by molar-refractivity contribution is -0.120. The topological polar surface area (TPSA) is 82.7 Å². The third-order valence-corrected chi connectivity index (χ3v) is 4.14. The number of rotatable bonds is 5. The van der Waals surface area contributed by atoms with E-state index >= 15 is 0 Å². The van der Waals surface area contributed by atoms with E-state index < -0.39 is 0 Å². The third kappa shape index (κ3) is 4.44. The maximum absolute atomic E-state index is 12.3. The second-order valence-electron chi connectivity index (χ2n) is 5.94. The molecule has 1 saturated heterocycles. The molecule has 0 aliphatic carbocycles. The molecule has 1 aliphatic rings. The minimum absolute atomic E-state index is 0.0185. The van der Waals surface area contributed by atoms with Crippen molar-refractivity contribution in [2.45, 2.75) is 6.54 Å². The molecule has 0 atom stereocenters. The van der Waals surface area contributed by atoms with Gasteiger partial charge in [-0.2, -0.15) is 0 Å². The Labute approximate surface area is 152 Å². The van der Waals surface area contributed by atoms with Crippen LogP contribution >= 0.6 is 0 Å². The van der Waals surface area contributed by atoms with Crippen molar-refractivity contribution < 1.29 is 14.3 Å². The second-order valence-corrected chi connectivity index (χ2v) is 5.94. The number of nitrogens with one attached hydrogen (secondary N) is 3. The van der Waals surface area contributed by atoms with Crippen LogP contribution in [0.4, 0.5) is 16.2 Å². The Morgan fingerprint density at radius 1 is 1.19 bits per heavy atom. The van der Waals surface area contributed by atoms with Crippen molar-refractivity contribution in [3.63, 3.8) is 0 Å². The number of carbonyl (C=O) groups excluding carboxylic acids is 2. The Morgan fingerprint density at radius 3 is 2.69 bits per heavy atom. The van der Waals surface area contributed by atoms with Gasteiger partial charge < -0.3 is 25.6 Å². The van der Waals surface area contributed by atoms with E-state index in [-0.39, 0.29) is 18.5 Å². The molecular weight excluding hydrogens is 332 g/mol. The second kappa shape index (κ2) is 8.24. The number of nitrogens with zero attached hydrogens (tertiary/aromatic N) is 1. The van der Waals surface area contributed by atoms with E-state index in [1.807, 2.05) is 53.4 Å². The minimum atomic E-state index is -0.297. The van der Waals surface area contributed by atoms with Gasteiger partial charge >= 0.3 is 6.03 Å². The van der Waals surface area contributed by atoms with Gasteiger partial charge in [-0.15, -0.1) is 0 Å².